The van der Waals surface area contributed by atoms with Crippen LogP contribution in [0.5, 0.6) is 0 Å². The quantitative estimate of drug-likeness (QED) is 0.483. The van der Waals surface area contributed by atoms with Gasteiger partial charge in [-0.2, -0.15) is 4.39 Å². The van der Waals surface area contributed by atoms with Crippen LogP contribution in [0.2, 0.25) is 0 Å². The molecule has 162 valence electrons. The summed E-state index contributed by atoms with van der Waals surface area (Å²) in [4.78, 5) is 28.4. The molecule has 0 unspecified atom stereocenters. The number of carbonyl (C=O) groups excluding carboxylic acids is 2. The summed E-state index contributed by atoms with van der Waals surface area (Å²) in [6.07, 6.45) is 1.29. The lowest BCUT2D eigenvalue weighted by Crippen LogP contribution is -2.39. The summed E-state index contributed by atoms with van der Waals surface area (Å²) in [5.74, 6) is -0.933. The lowest BCUT2D eigenvalue weighted by Gasteiger charge is -2.24. The van der Waals surface area contributed by atoms with Crippen LogP contribution in [-0.4, -0.2) is 34.3 Å². The van der Waals surface area contributed by atoms with E-state index in [2.05, 4.69) is 10.3 Å². The number of alkyl carbamates (subject to hydrolysis) is 1. The molecular weight excluding hydrogens is 401 g/mol. The van der Waals surface area contributed by atoms with Gasteiger partial charge in [-0.25, -0.2) is 9.78 Å². The molecule has 0 aliphatic heterocycles. The molecule has 4 rings (SSSR count). The number of nitrogens with one attached hydrogen (secondary N) is 1. The van der Waals surface area contributed by atoms with E-state index in [1.165, 1.54) is 6.07 Å². The van der Waals surface area contributed by atoms with Crippen molar-refractivity contribution in [3.8, 4) is 0 Å². The molecule has 0 bridgehead atoms. The Hall–Kier alpha value is -3.42. The first-order chi connectivity index (χ1) is 15.0. The highest BCUT2D eigenvalue weighted by Gasteiger charge is 2.28. The second kappa shape index (κ2) is 9.16. The van der Waals surface area contributed by atoms with E-state index < -0.39 is 12.0 Å². The highest BCUT2D eigenvalue weighted by atomic mass is 19.1. The van der Waals surface area contributed by atoms with Gasteiger partial charge in [0.05, 0.1) is 17.6 Å². The van der Waals surface area contributed by atoms with Gasteiger partial charge in [-0.15, -0.1) is 0 Å². The lowest BCUT2D eigenvalue weighted by molar-refractivity contribution is -0.143. The van der Waals surface area contributed by atoms with Crippen LogP contribution in [0.3, 0.4) is 0 Å². The van der Waals surface area contributed by atoms with Crippen LogP contribution in [0.4, 0.5) is 9.18 Å². The lowest BCUT2D eigenvalue weighted by atomic mass is 9.92. The van der Waals surface area contributed by atoms with Crippen molar-refractivity contribution >= 4 is 23.1 Å². The molecule has 8 heteroatoms. The number of halogens is 1. The minimum Gasteiger partial charge on any atom is -0.465 e. The van der Waals surface area contributed by atoms with Gasteiger partial charge in [0.15, 0.2) is 0 Å². The third-order valence-electron chi connectivity index (χ3n) is 5.40. The normalized spacial score (nSPS) is 15.4. The molecule has 1 N–H and O–H groups in total. The number of pyridine rings is 1. The van der Waals surface area contributed by atoms with Gasteiger partial charge in [-0.1, -0.05) is 30.3 Å². The third-order valence-corrected chi connectivity index (χ3v) is 5.40. The van der Waals surface area contributed by atoms with E-state index in [-0.39, 0.29) is 25.2 Å². The summed E-state index contributed by atoms with van der Waals surface area (Å²) in [5.41, 5.74) is 3.88. The minimum absolute atomic E-state index is 0.0458. The smallest absolute Gasteiger partial charge is 0.407 e. The molecule has 1 aliphatic carbocycles. The van der Waals surface area contributed by atoms with E-state index >= 15 is 0 Å². The zero-order valence-corrected chi connectivity index (χ0v) is 17.3. The molecule has 2 heterocycles. The number of esters is 1. The van der Waals surface area contributed by atoms with Gasteiger partial charge in [-0.3, -0.25) is 4.79 Å². The van der Waals surface area contributed by atoms with Crippen LogP contribution in [0.15, 0.2) is 42.5 Å². The van der Waals surface area contributed by atoms with Crippen molar-refractivity contribution in [3.63, 3.8) is 0 Å². The predicted octanol–water partition coefficient (Wildman–Crippen LogP) is 3.52. The van der Waals surface area contributed by atoms with E-state index in [0.29, 0.717) is 36.9 Å². The summed E-state index contributed by atoms with van der Waals surface area (Å²) in [5, 5.41) is 2.90. The maximum Gasteiger partial charge on any atom is 0.407 e. The molecule has 2 aromatic heterocycles. The van der Waals surface area contributed by atoms with E-state index in [1.807, 2.05) is 34.9 Å². The minimum atomic E-state index is -0.582. The van der Waals surface area contributed by atoms with E-state index in [1.54, 1.807) is 13.0 Å². The first kappa shape index (κ1) is 20.8. The Labute approximate surface area is 179 Å². The topological polar surface area (TPSA) is 82.5 Å². The number of ether oxygens (including phenoxy) is 2. The van der Waals surface area contributed by atoms with Crippen LogP contribution in [0.1, 0.15) is 30.2 Å². The van der Waals surface area contributed by atoms with Crippen LogP contribution >= 0.6 is 0 Å². The summed E-state index contributed by atoms with van der Waals surface area (Å²) in [6.45, 7) is 2.29. The largest absolute Gasteiger partial charge is 0.465 e. The van der Waals surface area contributed by atoms with Crippen molar-refractivity contribution in [2.24, 2.45) is 0 Å². The molecule has 0 fully saturated rings. The summed E-state index contributed by atoms with van der Waals surface area (Å²) >= 11 is 0. The average Bonchev–Trinajstić information content (AvgIpc) is 3.05. The summed E-state index contributed by atoms with van der Waals surface area (Å²) in [7, 11) is 0. The van der Waals surface area contributed by atoms with E-state index in [0.717, 1.165) is 16.8 Å². The molecule has 0 saturated carbocycles. The predicted molar refractivity (Wildman–Crippen MR) is 112 cm³/mol. The zero-order chi connectivity index (χ0) is 21.8. The number of nitrogens with zero attached hydrogens (tertiary/aromatic N) is 2. The zero-order valence-electron chi connectivity index (χ0n) is 17.3. The molecule has 0 spiro atoms. The number of benzene rings is 1. The second-order valence-electron chi connectivity index (χ2n) is 7.46. The van der Waals surface area contributed by atoms with E-state index in [4.69, 9.17) is 9.47 Å². The molecule has 3 aromatic rings. The molecule has 0 saturated heterocycles. The fourth-order valence-corrected chi connectivity index (χ4v) is 4.04. The standard InChI is InChI=1S/C23H24FN3O4/c1-2-30-21(28)13-27-18-9-8-16(12-17(18)22-19(27)10-11-20(24)26-22)25-23(29)31-14-15-6-4-3-5-7-15/h3-7,10-11,16H,2,8-9,12-14H2,1H3,(H,25,29)/t16-/m1/s1. The fourth-order valence-electron chi connectivity index (χ4n) is 4.04. The van der Waals surface area contributed by atoms with Crippen LogP contribution in [-0.2, 0) is 40.3 Å². The first-order valence-corrected chi connectivity index (χ1v) is 10.3. The summed E-state index contributed by atoms with van der Waals surface area (Å²) < 4.78 is 26.1. The molecule has 1 amide bonds. The van der Waals surface area contributed by atoms with Gasteiger partial charge < -0.3 is 19.4 Å². The average molecular weight is 425 g/mol. The SMILES string of the molecule is CCOC(=O)Cn1c2c(c3nc(F)ccc31)C[C@H](NC(=O)OCc1ccccc1)CC2. The number of rotatable bonds is 6. The van der Waals surface area contributed by atoms with Gasteiger partial charge in [0.1, 0.15) is 13.2 Å². The fraction of sp³-hybridized carbons (Fsp3) is 0.348. The van der Waals surface area contributed by atoms with Crippen LogP contribution in [0, 0.1) is 5.95 Å². The monoisotopic (exact) mass is 425 g/mol. The van der Waals surface area contributed by atoms with Crippen molar-refractivity contribution in [1.82, 2.24) is 14.9 Å². The van der Waals surface area contributed by atoms with Gasteiger partial charge in [0, 0.05) is 17.3 Å². The Morgan fingerprint density at radius 3 is 2.77 bits per heavy atom. The van der Waals surface area contributed by atoms with Gasteiger partial charge in [-0.05, 0) is 43.9 Å². The molecular formula is C23H24FN3O4. The maximum atomic E-state index is 13.9. The van der Waals surface area contributed by atoms with Gasteiger partial charge in [0.2, 0.25) is 5.95 Å². The Kier molecular flexibility index (Phi) is 6.16. The van der Waals surface area contributed by atoms with Crippen molar-refractivity contribution in [2.45, 2.75) is 45.4 Å². The number of hydrogen-bond donors (Lipinski definition) is 1. The Morgan fingerprint density at radius 2 is 2.00 bits per heavy atom. The van der Waals surface area contributed by atoms with Crippen molar-refractivity contribution in [1.29, 1.82) is 0 Å². The number of fused-ring (bicyclic) bond motifs is 3. The first-order valence-electron chi connectivity index (χ1n) is 10.3. The second-order valence-corrected chi connectivity index (χ2v) is 7.46. The molecule has 31 heavy (non-hydrogen) atoms. The number of hydrogen-bond acceptors (Lipinski definition) is 5. The van der Waals surface area contributed by atoms with Crippen LogP contribution < -0.4 is 5.32 Å². The van der Waals surface area contributed by atoms with Crippen LogP contribution in [0.25, 0.3) is 11.0 Å². The molecule has 1 aromatic carbocycles. The Bertz CT molecular complexity index is 1100. The maximum absolute atomic E-state index is 13.9. The highest BCUT2D eigenvalue weighted by molar-refractivity contribution is 5.84. The highest BCUT2D eigenvalue weighted by Crippen LogP contribution is 2.31. The van der Waals surface area contributed by atoms with Crippen molar-refractivity contribution < 1.29 is 23.5 Å². The molecule has 7 nitrogen and oxygen atoms in total. The molecule has 0 radical (unpaired) electrons. The Morgan fingerprint density at radius 1 is 1.19 bits per heavy atom. The van der Waals surface area contributed by atoms with Crippen molar-refractivity contribution in [3.05, 3.63) is 65.2 Å². The number of amides is 1. The summed E-state index contributed by atoms with van der Waals surface area (Å²) in [6, 6.07) is 12.2. The third kappa shape index (κ3) is 4.68. The number of carbonyl (C=O) groups is 2. The van der Waals surface area contributed by atoms with Gasteiger partial charge >= 0.3 is 12.1 Å². The van der Waals surface area contributed by atoms with E-state index in [9.17, 15) is 14.0 Å². The number of aromatic nitrogens is 2. The molecule has 1 atom stereocenters. The molecule has 1 aliphatic rings. The van der Waals surface area contributed by atoms with Crippen molar-refractivity contribution in [2.75, 3.05) is 6.61 Å². The Balaban J connectivity index is 1.50. The van der Waals surface area contributed by atoms with Gasteiger partial charge in [0.25, 0.3) is 0 Å².